The highest BCUT2D eigenvalue weighted by molar-refractivity contribution is 5.66. The topological polar surface area (TPSA) is 49.8 Å². The predicted molar refractivity (Wildman–Crippen MR) is 55.8 cm³/mol. The van der Waals surface area contributed by atoms with Gasteiger partial charge < -0.3 is 9.84 Å². The third-order valence-electron chi connectivity index (χ3n) is 3.51. The van der Waals surface area contributed by atoms with Crippen LogP contribution in [0.4, 0.5) is 0 Å². The van der Waals surface area contributed by atoms with E-state index in [4.69, 9.17) is 9.84 Å². The maximum absolute atomic E-state index is 10.5. The fraction of sp³-hybridized carbons (Fsp3) is 0.909. The van der Waals surface area contributed by atoms with Crippen molar-refractivity contribution in [3.63, 3.8) is 0 Å². The SMILES string of the molecule is O=C(O)CCC1COCCN1C1CCC1. The Morgan fingerprint density at radius 1 is 1.47 bits per heavy atom. The molecule has 1 saturated heterocycles. The molecule has 1 N–H and O–H groups in total. The summed E-state index contributed by atoms with van der Waals surface area (Å²) in [7, 11) is 0. The third kappa shape index (κ3) is 2.69. The maximum Gasteiger partial charge on any atom is 0.303 e. The van der Waals surface area contributed by atoms with Crippen LogP contribution in [0.2, 0.25) is 0 Å². The van der Waals surface area contributed by atoms with Crippen LogP contribution in [0.3, 0.4) is 0 Å². The summed E-state index contributed by atoms with van der Waals surface area (Å²) in [6.07, 6.45) is 4.88. The van der Waals surface area contributed by atoms with Crippen LogP contribution in [0, 0.1) is 0 Å². The van der Waals surface area contributed by atoms with Gasteiger partial charge >= 0.3 is 5.97 Å². The van der Waals surface area contributed by atoms with E-state index < -0.39 is 5.97 Å². The molecule has 1 atom stereocenters. The minimum absolute atomic E-state index is 0.261. The van der Waals surface area contributed by atoms with E-state index in [2.05, 4.69) is 4.90 Å². The summed E-state index contributed by atoms with van der Waals surface area (Å²) in [6, 6.07) is 1.04. The first kappa shape index (κ1) is 10.9. The minimum Gasteiger partial charge on any atom is -0.481 e. The quantitative estimate of drug-likeness (QED) is 0.760. The van der Waals surface area contributed by atoms with Gasteiger partial charge in [0.25, 0.3) is 0 Å². The van der Waals surface area contributed by atoms with E-state index in [-0.39, 0.29) is 6.42 Å². The van der Waals surface area contributed by atoms with Gasteiger partial charge in [0, 0.05) is 25.0 Å². The maximum atomic E-state index is 10.5. The van der Waals surface area contributed by atoms with Crippen LogP contribution in [-0.2, 0) is 9.53 Å². The standard InChI is InChI=1S/C11H19NO3/c13-11(14)5-4-10-8-15-7-6-12(10)9-2-1-3-9/h9-10H,1-8H2,(H,13,14). The lowest BCUT2D eigenvalue weighted by atomic mass is 9.89. The molecule has 2 fully saturated rings. The summed E-state index contributed by atoms with van der Waals surface area (Å²) in [5, 5.41) is 8.68. The Kier molecular flexibility index (Phi) is 3.59. The molecule has 2 rings (SSSR count). The summed E-state index contributed by atoms with van der Waals surface area (Å²) in [4.78, 5) is 13.0. The first-order valence-corrected chi connectivity index (χ1v) is 5.82. The van der Waals surface area contributed by atoms with Crippen LogP contribution >= 0.6 is 0 Å². The number of rotatable bonds is 4. The summed E-state index contributed by atoms with van der Waals surface area (Å²) in [6.45, 7) is 2.50. The van der Waals surface area contributed by atoms with E-state index >= 15 is 0 Å². The van der Waals surface area contributed by atoms with E-state index in [9.17, 15) is 4.79 Å². The highest BCUT2D eigenvalue weighted by Gasteiger charge is 2.32. The summed E-state index contributed by atoms with van der Waals surface area (Å²) in [5.74, 6) is -0.700. The largest absolute Gasteiger partial charge is 0.481 e. The molecule has 0 aromatic heterocycles. The van der Waals surface area contributed by atoms with Crippen molar-refractivity contribution in [2.45, 2.75) is 44.2 Å². The Labute approximate surface area is 90.2 Å². The monoisotopic (exact) mass is 213 g/mol. The fourth-order valence-electron chi connectivity index (χ4n) is 2.41. The number of hydrogen-bond acceptors (Lipinski definition) is 3. The Morgan fingerprint density at radius 3 is 2.87 bits per heavy atom. The average Bonchev–Trinajstić information content (AvgIpc) is 2.14. The van der Waals surface area contributed by atoms with E-state index in [1.807, 2.05) is 0 Å². The number of carbonyl (C=O) groups is 1. The number of carboxylic acid groups (broad SMARTS) is 1. The van der Waals surface area contributed by atoms with Gasteiger partial charge in [0.2, 0.25) is 0 Å². The molecular formula is C11H19NO3. The first-order chi connectivity index (χ1) is 7.27. The van der Waals surface area contributed by atoms with Gasteiger partial charge in [-0.3, -0.25) is 9.69 Å². The van der Waals surface area contributed by atoms with E-state index in [1.54, 1.807) is 0 Å². The van der Waals surface area contributed by atoms with Crippen LogP contribution in [0.1, 0.15) is 32.1 Å². The van der Waals surface area contributed by atoms with Crippen molar-refractivity contribution in [2.75, 3.05) is 19.8 Å². The molecule has 0 bridgehead atoms. The van der Waals surface area contributed by atoms with Gasteiger partial charge in [0.05, 0.1) is 13.2 Å². The second-order valence-electron chi connectivity index (χ2n) is 4.48. The van der Waals surface area contributed by atoms with Crippen molar-refractivity contribution in [1.82, 2.24) is 4.90 Å². The Morgan fingerprint density at radius 2 is 2.27 bits per heavy atom. The van der Waals surface area contributed by atoms with Crippen LogP contribution < -0.4 is 0 Å². The Bertz CT molecular complexity index is 228. The smallest absolute Gasteiger partial charge is 0.303 e. The molecular weight excluding hydrogens is 194 g/mol. The average molecular weight is 213 g/mol. The number of hydrogen-bond donors (Lipinski definition) is 1. The van der Waals surface area contributed by atoms with Gasteiger partial charge in [0.15, 0.2) is 0 Å². The molecule has 0 spiro atoms. The summed E-state index contributed by atoms with van der Waals surface area (Å²) in [5.41, 5.74) is 0. The van der Waals surface area contributed by atoms with Crippen molar-refractivity contribution in [2.24, 2.45) is 0 Å². The molecule has 2 aliphatic rings. The van der Waals surface area contributed by atoms with Gasteiger partial charge in [-0.15, -0.1) is 0 Å². The van der Waals surface area contributed by atoms with Gasteiger partial charge in [-0.1, -0.05) is 6.42 Å². The van der Waals surface area contributed by atoms with E-state index in [1.165, 1.54) is 19.3 Å². The van der Waals surface area contributed by atoms with Crippen molar-refractivity contribution >= 4 is 5.97 Å². The highest BCUT2D eigenvalue weighted by atomic mass is 16.5. The number of ether oxygens (including phenoxy) is 1. The zero-order valence-electron chi connectivity index (χ0n) is 9.02. The van der Waals surface area contributed by atoms with Crippen molar-refractivity contribution in [1.29, 1.82) is 0 Å². The lowest BCUT2D eigenvalue weighted by molar-refractivity contribution is -0.138. The number of morpholine rings is 1. The van der Waals surface area contributed by atoms with Crippen LogP contribution in [-0.4, -0.2) is 47.8 Å². The molecule has 1 saturated carbocycles. The molecule has 86 valence electrons. The summed E-state index contributed by atoms with van der Waals surface area (Å²) >= 11 is 0. The Hall–Kier alpha value is -0.610. The second-order valence-corrected chi connectivity index (χ2v) is 4.48. The van der Waals surface area contributed by atoms with Crippen molar-refractivity contribution in [3.8, 4) is 0 Å². The van der Waals surface area contributed by atoms with Gasteiger partial charge in [-0.25, -0.2) is 0 Å². The minimum atomic E-state index is -0.700. The highest BCUT2D eigenvalue weighted by Crippen LogP contribution is 2.28. The number of nitrogens with zero attached hydrogens (tertiary/aromatic N) is 1. The summed E-state index contributed by atoms with van der Waals surface area (Å²) < 4.78 is 5.43. The molecule has 0 amide bonds. The normalized spacial score (nSPS) is 28.7. The molecule has 1 aliphatic heterocycles. The second kappa shape index (κ2) is 4.94. The molecule has 15 heavy (non-hydrogen) atoms. The Balaban J connectivity index is 1.84. The molecule has 0 radical (unpaired) electrons. The van der Waals surface area contributed by atoms with Gasteiger partial charge in [-0.2, -0.15) is 0 Å². The lowest BCUT2D eigenvalue weighted by Crippen LogP contribution is -2.53. The molecule has 1 heterocycles. The first-order valence-electron chi connectivity index (χ1n) is 5.82. The van der Waals surface area contributed by atoms with Crippen LogP contribution in [0.15, 0.2) is 0 Å². The molecule has 4 nitrogen and oxygen atoms in total. The molecule has 0 aromatic rings. The zero-order chi connectivity index (χ0) is 10.7. The van der Waals surface area contributed by atoms with E-state index in [0.717, 1.165) is 19.6 Å². The van der Waals surface area contributed by atoms with Crippen LogP contribution in [0.25, 0.3) is 0 Å². The predicted octanol–water partition coefficient (Wildman–Crippen LogP) is 1.10. The molecule has 1 aliphatic carbocycles. The molecule has 0 aromatic carbocycles. The van der Waals surface area contributed by atoms with Crippen LogP contribution in [0.5, 0.6) is 0 Å². The van der Waals surface area contributed by atoms with Gasteiger partial charge in [0.1, 0.15) is 0 Å². The zero-order valence-corrected chi connectivity index (χ0v) is 9.02. The van der Waals surface area contributed by atoms with E-state index in [0.29, 0.717) is 18.7 Å². The molecule has 1 unspecified atom stereocenters. The van der Waals surface area contributed by atoms with Crippen molar-refractivity contribution in [3.05, 3.63) is 0 Å². The third-order valence-corrected chi connectivity index (χ3v) is 3.51. The lowest BCUT2D eigenvalue weighted by Gasteiger charge is -2.44. The van der Waals surface area contributed by atoms with Gasteiger partial charge in [-0.05, 0) is 19.3 Å². The molecule has 4 heteroatoms. The number of aliphatic carboxylic acids is 1. The van der Waals surface area contributed by atoms with Crippen molar-refractivity contribution < 1.29 is 14.6 Å². The number of carboxylic acids is 1. The fourth-order valence-corrected chi connectivity index (χ4v) is 2.41.